The molecule has 34 heavy (non-hydrogen) atoms. The fourth-order valence-electron chi connectivity index (χ4n) is 2.33. The zero-order valence-electron chi connectivity index (χ0n) is 16.9. The van der Waals surface area contributed by atoms with E-state index in [4.69, 9.17) is 0 Å². The number of rotatable bonds is 12. The van der Waals surface area contributed by atoms with Gasteiger partial charge in [0.1, 0.15) is 0 Å². The second-order valence-electron chi connectivity index (χ2n) is 6.54. The molecule has 1 N–H and O–H groups in total. The number of alkyl halides is 7. The molecule has 0 saturated heterocycles. The maximum Gasteiger partial charge on any atom is 0.466 e. The monoisotopic (exact) mass is 524 g/mol. The van der Waals surface area contributed by atoms with Crippen molar-refractivity contribution in [1.82, 2.24) is 5.32 Å². The molecule has 0 heterocycles. The van der Waals surface area contributed by atoms with Gasteiger partial charge in [-0.2, -0.15) is 30.7 Å². The van der Waals surface area contributed by atoms with Gasteiger partial charge in [0.2, 0.25) is 0 Å². The third kappa shape index (κ3) is 6.66. The average Bonchev–Trinajstić information content (AvgIpc) is 2.72. The molecule has 0 aromatic heterocycles. The maximum absolute atomic E-state index is 13.8. The highest BCUT2D eigenvalue weighted by atomic mass is 32.2. The fraction of sp³-hybridized carbons (Fsp3) is 0.444. The number of esters is 1. The molecule has 16 heteroatoms. The van der Waals surface area contributed by atoms with Crippen molar-refractivity contribution in [3.05, 3.63) is 48.6 Å². The van der Waals surface area contributed by atoms with Gasteiger partial charge in [0.25, 0.3) is 0 Å². The minimum absolute atomic E-state index is 0.238. The molecule has 1 unspecified atom stereocenters. The molecule has 0 saturated carbocycles. The van der Waals surface area contributed by atoms with Gasteiger partial charge in [0, 0.05) is 19.0 Å². The van der Waals surface area contributed by atoms with Crippen LogP contribution in [0.25, 0.3) is 0 Å². The van der Waals surface area contributed by atoms with Crippen molar-refractivity contribution in [2.24, 2.45) is 0 Å². The topological polar surface area (TPSA) is 122 Å². The number of nitrogens with one attached hydrogen (secondary N) is 1. The van der Waals surface area contributed by atoms with Crippen LogP contribution in [0.1, 0.15) is 18.4 Å². The summed E-state index contributed by atoms with van der Waals surface area (Å²) in [5.74, 6) is -13.8. The molecule has 1 aromatic rings. The molecule has 1 aromatic carbocycles. The van der Waals surface area contributed by atoms with Crippen LogP contribution in [-0.2, 0) is 35.7 Å². The third-order valence-corrected chi connectivity index (χ3v) is 4.99. The van der Waals surface area contributed by atoms with E-state index in [1.807, 2.05) is 0 Å². The van der Waals surface area contributed by atoms with E-state index in [-0.39, 0.29) is 6.08 Å². The van der Waals surface area contributed by atoms with Crippen molar-refractivity contribution < 1.29 is 62.8 Å². The number of carbonyl (C=O) groups is 2. The van der Waals surface area contributed by atoms with Crippen LogP contribution in [0.15, 0.2) is 43.0 Å². The molecule has 0 bridgehead atoms. The Balaban J connectivity index is 3.10. The van der Waals surface area contributed by atoms with E-state index in [0.717, 1.165) is 0 Å². The summed E-state index contributed by atoms with van der Waals surface area (Å²) in [6.45, 7) is 0.796. The molecule has 0 aliphatic rings. The predicted molar refractivity (Wildman–Crippen MR) is 98.1 cm³/mol. The zero-order chi connectivity index (χ0) is 26.4. The lowest BCUT2D eigenvalue weighted by atomic mass is 10.1. The number of carbonyl (C=O) groups excluding carboxylic acids is 2. The Labute approximate surface area is 188 Å². The number of hydrogen-bond donors (Lipinski definition) is 1. The molecular weight excluding hydrogens is 507 g/mol. The number of amides is 1. The Morgan fingerprint density at radius 3 is 2.09 bits per heavy atom. The first-order valence-corrected chi connectivity index (χ1v) is 10.4. The van der Waals surface area contributed by atoms with Crippen molar-refractivity contribution >= 4 is 22.0 Å². The molecule has 8 nitrogen and oxygen atoms in total. The zero-order valence-corrected chi connectivity index (χ0v) is 17.7. The molecule has 0 aliphatic heterocycles. The van der Waals surface area contributed by atoms with Gasteiger partial charge < -0.3 is 19.3 Å². The molecule has 0 fully saturated rings. The standard InChI is InChI=1S/C18H18F7NO7S/c1-2-13(27)33-16(17(21,22)23,14(28)26-11-12-7-4-3-5-8-12)32-10-6-9-15(19,20)18(24,25)34(29,30)31/h2-5,7-8H,1,6,9-11H2,(H,26,28)(H,29,30,31)/p-1. The molecular formula is C18H17F7NO7S-. The largest absolute Gasteiger partial charge is 0.743 e. The lowest BCUT2D eigenvalue weighted by Gasteiger charge is -2.33. The Morgan fingerprint density at radius 1 is 1.06 bits per heavy atom. The summed E-state index contributed by atoms with van der Waals surface area (Å²) in [4.78, 5) is 23.8. The van der Waals surface area contributed by atoms with Gasteiger partial charge in [-0.3, -0.25) is 4.79 Å². The minimum atomic E-state index is -6.81. The van der Waals surface area contributed by atoms with Gasteiger partial charge in [-0.05, 0) is 12.0 Å². The summed E-state index contributed by atoms with van der Waals surface area (Å²) >= 11 is 0. The molecule has 192 valence electrons. The summed E-state index contributed by atoms with van der Waals surface area (Å²) < 4.78 is 134. The molecule has 1 atom stereocenters. The van der Waals surface area contributed by atoms with Crippen LogP contribution in [0.3, 0.4) is 0 Å². The van der Waals surface area contributed by atoms with E-state index in [2.05, 4.69) is 16.1 Å². The van der Waals surface area contributed by atoms with Gasteiger partial charge in [-0.1, -0.05) is 36.9 Å². The summed E-state index contributed by atoms with van der Waals surface area (Å²) in [7, 11) is -6.81. The van der Waals surface area contributed by atoms with Crippen molar-refractivity contribution in [2.45, 2.75) is 42.5 Å². The molecule has 1 rings (SSSR count). The second kappa shape index (κ2) is 10.7. The Morgan fingerprint density at radius 2 is 1.62 bits per heavy atom. The Bertz CT molecular complexity index is 984. The molecule has 1 amide bonds. The van der Waals surface area contributed by atoms with Crippen LogP contribution in [0.2, 0.25) is 0 Å². The predicted octanol–water partition coefficient (Wildman–Crippen LogP) is 2.86. The summed E-state index contributed by atoms with van der Waals surface area (Å²) in [5, 5.41) is -4.27. The first-order chi connectivity index (χ1) is 15.4. The molecule has 0 aliphatic carbocycles. The average molecular weight is 524 g/mol. The van der Waals surface area contributed by atoms with Gasteiger partial charge in [0.05, 0.1) is 6.61 Å². The number of ether oxygens (including phenoxy) is 2. The summed E-state index contributed by atoms with van der Waals surface area (Å²) in [6, 6.07) is 7.38. The number of benzene rings is 1. The highest BCUT2D eigenvalue weighted by molar-refractivity contribution is 7.86. The van der Waals surface area contributed by atoms with E-state index in [1.165, 1.54) is 24.3 Å². The smallest absolute Gasteiger partial charge is 0.466 e. The maximum atomic E-state index is 13.8. The highest BCUT2D eigenvalue weighted by Crippen LogP contribution is 2.42. The van der Waals surface area contributed by atoms with E-state index < -0.39 is 71.1 Å². The fourth-order valence-corrected chi connectivity index (χ4v) is 2.79. The van der Waals surface area contributed by atoms with Gasteiger partial charge in [-0.15, -0.1) is 0 Å². The van der Waals surface area contributed by atoms with Crippen LogP contribution in [0, 0.1) is 0 Å². The van der Waals surface area contributed by atoms with E-state index >= 15 is 0 Å². The first kappa shape index (κ1) is 29.3. The third-order valence-electron chi connectivity index (χ3n) is 4.06. The normalized spacial score (nSPS) is 14.7. The number of halogens is 7. The van der Waals surface area contributed by atoms with Gasteiger partial charge in [0.15, 0.2) is 10.1 Å². The van der Waals surface area contributed by atoms with Crippen molar-refractivity contribution in [1.29, 1.82) is 0 Å². The van der Waals surface area contributed by atoms with Crippen LogP contribution in [0.5, 0.6) is 0 Å². The summed E-state index contributed by atoms with van der Waals surface area (Å²) in [5.41, 5.74) is 0.308. The second-order valence-corrected chi connectivity index (χ2v) is 7.96. The quantitative estimate of drug-likeness (QED) is 0.111. The van der Waals surface area contributed by atoms with Crippen LogP contribution >= 0.6 is 0 Å². The van der Waals surface area contributed by atoms with Crippen LogP contribution in [-0.4, -0.2) is 54.6 Å². The van der Waals surface area contributed by atoms with E-state index in [0.29, 0.717) is 5.56 Å². The first-order valence-electron chi connectivity index (χ1n) is 9.00. The van der Waals surface area contributed by atoms with Crippen molar-refractivity contribution in [2.75, 3.05) is 6.61 Å². The van der Waals surface area contributed by atoms with Crippen molar-refractivity contribution in [3.63, 3.8) is 0 Å². The minimum Gasteiger partial charge on any atom is -0.743 e. The number of hydrogen-bond acceptors (Lipinski definition) is 7. The van der Waals surface area contributed by atoms with Gasteiger partial charge >= 0.3 is 35.0 Å². The van der Waals surface area contributed by atoms with E-state index in [9.17, 15) is 53.3 Å². The van der Waals surface area contributed by atoms with E-state index in [1.54, 1.807) is 11.4 Å². The molecule has 0 radical (unpaired) electrons. The lowest BCUT2D eigenvalue weighted by Crippen LogP contribution is -2.61. The lowest BCUT2D eigenvalue weighted by molar-refractivity contribution is -0.347. The van der Waals surface area contributed by atoms with Crippen molar-refractivity contribution in [3.8, 4) is 0 Å². The highest BCUT2D eigenvalue weighted by Gasteiger charge is 2.66. The van der Waals surface area contributed by atoms with Gasteiger partial charge in [-0.25, -0.2) is 13.2 Å². The Hall–Kier alpha value is -2.72. The SMILES string of the molecule is C=CC(=O)OC(OCCCC(F)(F)C(F)(F)S(=O)(=O)[O-])(C(=O)NCc1ccccc1)C(F)(F)F. The van der Waals surface area contributed by atoms with Crippen LogP contribution in [0.4, 0.5) is 30.7 Å². The Kier molecular flexibility index (Phi) is 9.22. The summed E-state index contributed by atoms with van der Waals surface area (Å²) in [6.07, 6.45) is -9.09. The molecule has 0 spiro atoms. The van der Waals surface area contributed by atoms with Crippen LogP contribution < -0.4 is 5.32 Å².